The van der Waals surface area contributed by atoms with Crippen LogP contribution in [0.25, 0.3) is 0 Å². The Hall–Kier alpha value is -1.42. The molecule has 1 aromatic rings. The fraction of sp³-hybridized carbons (Fsp3) is 0.562. The molecule has 0 amide bonds. The van der Waals surface area contributed by atoms with Gasteiger partial charge in [0.05, 0.1) is 40.0 Å². The number of rotatable bonds is 9. The van der Waals surface area contributed by atoms with Gasteiger partial charge in [-0.05, 0) is 6.92 Å². The van der Waals surface area contributed by atoms with E-state index < -0.39 is 0 Å². The van der Waals surface area contributed by atoms with Gasteiger partial charge in [0.25, 0.3) is 0 Å². The lowest BCUT2D eigenvalue weighted by molar-refractivity contribution is 0.203. The van der Waals surface area contributed by atoms with Crippen LogP contribution in [0.1, 0.15) is 12.5 Å². The van der Waals surface area contributed by atoms with Crippen molar-refractivity contribution in [1.29, 1.82) is 0 Å². The Balaban J connectivity index is 0.00000529. The van der Waals surface area contributed by atoms with Crippen LogP contribution in [0.4, 0.5) is 0 Å². The molecule has 0 aliphatic rings. The Labute approximate surface area is 161 Å². The zero-order valence-corrected chi connectivity index (χ0v) is 17.3. The summed E-state index contributed by atoms with van der Waals surface area (Å²) in [7, 11) is 6.50. The van der Waals surface area contributed by atoms with Crippen LogP contribution in [0.3, 0.4) is 0 Å². The predicted molar refractivity (Wildman–Crippen MR) is 106 cm³/mol. The minimum Gasteiger partial charge on any atom is -0.496 e. The summed E-state index contributed by atoms with van der Waals surface area (Å²) in [6.45, 7) is 4.50. The number of nitrogens with one attached hydrogen (secondary N) is 2. The van der Waals surface area contributed by atoms with E-state index in [4.69, 9.17) is 18.9 Å². The first-order valence-corrected chi connectivity index (χ1v) is 7.50. The van der Waals surface area contributed by atoms with E-state index >= 15 is 0 Å². The first kappa shape index (κ1) is 22.6. The fourth-order valence-corrected chi connectivity index (χ4v) is 2.01. The van der Waals surface area contributed by atoms with Gasteiger partial charge in [0, 0.05) is 32.3 Å². The van der Waals surface area contributed by atoms with Crippen LogP contribution in [0.5, 0.6) is 17.2 Å². The standard InChI is InChI=1S/C16H27N3O4.HI/c1-6-17-16(18-7-8-20-2)19-11-13-14(22-4)9-12(21-3)10-15(13)23-5;/h9-10H,6-8,11H2,1-5H3,(H2,17,18,19);1H. The van der Waals surface area contributed by atoms with Crippen LogP contribution in [0.15, 0.2) is 17.1 Å². The molecule has 0 unspecified atom stereocenters. The third-order valence-electron chi connectivity index (χ3n) is 3.16. The van der Waals surface area contributed by atoms with Gasteiger partial charge in [0.2, 0.25) is 0 Å². The summed E-state index contributed by atoms with van der Waals surface area (Å²) >= 11 is 0. The Bertz CT molecular complexity index is 487. The second kappa shape index (κ2) is 12.9. The van der Waals surface area contributed by atoms with Crippen molar-refractivity contribution in [2.45, 2.75) is 13.5 Å². The van der Waals surface area contributed by atoms with E-state index in [-0.39, 0.29) is 24.0 Å². The normalized spacial score (nSPS) is 10.6. The van der Waals surface area contributed by atoms with Crippen molar-refractivity contribution in [3.63, 3.8) is 0 Å². The van der Waals surface area contributed by atoms with Crippen molar-refractivity contribution in [2.24, 2.45) is 4.99 Å². The molecule has 0 radical (unpaired) electrons. The van der Waals surface area contributed by atoms with Crippen LogP contribution < -0.4 is 24.8 Å². The molecule has 1 rings (SSSR count). The number of nitrogens with zero attached hydrogens (tertiary/aromatic N) is 1. The summed E-state index contributed by atoms with van der Waals surface area (Å²) in [4.78, 5) is 4.57. The number of benzene rings is 1. The van der Waals surface area contributed by atoms with Gasteiger partial charge >= 0.3 is 0 Å². The molecule has 2 N–H and O–H groups in total. The van der Waals surface area contributed by atoms with Gasteiger partial charge in [-0.25, -0.2) is 4.99 Å². The van der Waals surface area contributed by atoms with E-state index in [0.717, 1.165) is 12.1 Å². The van der Waals surface area contributed by atoms with Crippen LogP contribution in [0.2, 0.25) is 0 Å². The summed E-state index contributed by atoms with van der Waals surface area (Å²) in [5.74, 6) is 2.75. The number of ether oxygens (including phenoxy) is 4. The van der Waals surface area contributed by atoms with Crippen molar-refractivity contribution in [3.05, 3.63) is 17.7 Å². The van der Waals surface area contributed by atoms with Gasteiger partial charge in [-0.15, -0.1) is 24.0 Å². The summed E-state index contributed by atoms with van der Waals surface area (Å²) in [5, 5.41) is 6.38. The lowest BCUT2D eigenvalue weighted by Crippen LogP contribution is -2.38. The van der Waals surface area contributed by atoms with Crippen molar-refractivity contribution in [1.82, 2.24) is 10.6 Å². The Kier molecular flexibility index (Phi) is 12.2. The Morgan fingerprint density at radius 3 is 2.08 bits per heavy atom. The quantitative estimate of drug-likeness (QED) is 0.258. The molecular weight excluding hydrogens is 425 g/mol. The summed E-state index contributed by atoms with van der Waals surface area (Å²) in [6, 6.07) is 3.64. The third-order valence-corrected chi connectivity index (χ3v) is 3.16. The molecule has 0 aromatic heterocycles. The molecule has 0 aliphatic heterocycles. The molecular formula is C16H28IN3O4. The number of halogens is 1. The average Bonchev–Trinajstić information content (AvgIpc) is 2.58. The molecule has 0 aliphatic carbocycles. The van der Waals surface area contributed by atoms with Crippen molar-refractivity contribution in [2.75, 3.05) is 48.1 Å². The molecule has 0 saturated carbocycles. The second-order valence-corrected chi connectivity index (χ2v) is 4.63. The Morgan fingerprint density at radius 1 is 1.00 bits per heavy atom. The number of hydrogen-bond donors (Lipinski definition) is 2. The van der Waals surface area contributed by atoms with E-state index in [1.54, 1.807) is 28.4 Å². The van der Waals surface area contributed by atoms with E-state index in [2.05, 4.69) is 15.6 Å². The molecule has 24 heavy (non-hydrogen) atoms. The predicted octanol–water partition coefficient (Wildman–Crippen LogP) is 2.03. The molecule has 0 saturated heterocycles. The van der Waals surface area contributed by atoms with Gasteiger partial charge in [-0.2, -0.15) is 0 Å². The summed E-state index contributed by atoms with van der Waals surface area (Å²) in [5.41, 5.74) is 0.861. The maximum absolute atomic E-state index is 5.43. The molecule has 0 bridgehead atoms. The Morgan fingerprint density at radius 2 is 1.62 bits per heavy atom. The van der Waals surface area contributed by atoms with Crippen molar-refractivity contribution >= 4 is 29.9 Å². The monoisotopic (exact) mass is 453 g/mol. The largest absolute Gasteiger partial charge is 0.496 e. The maximum Gasteiger partial charge on any atom is 0.191 e. The van der Waals surface area contributed by atoms with Gasteiger partial charge in [-0.1, -0.05) is 0 Å². The highest BCUT2D eigenvalue weighted by Gasteiger charge is 2.13. The van der Waals surface area contributed by atoms with Crippen LogP contribution in [-0.2, 0) is 11.3 Å². The molecule has 0 spiro atoms. The number of aliphatic imine (C=N–C) groups is 1. The maximum atomic E-state index is 5.43. The number of hydrogen-bond acceptors (Lipinski definition) is 5. The zero-order chi connectivity index (χ0) is 17.1. The molecule has 0 fully saturated rings. The lowest BCUT2D eigenvalue weighted by Gasteiger charge is -2.15. The van der Waals surface area contributed by atoms with Crippen molar-refractivity contribution in [3.8, 4) is 17.2 Å². The van der Waals surface area contributed by atoms with Crippen LogP contribution >= 0.6 is 24.0 Å². The topological polar surface area (TPSA) is 73.3 Å². The minimum atomic E-state index is 0. The SMILES string of the molecule is CCNC(=NCc1c(OC)cc(OC)cc1OC)NCCOC.I. The molecule has 7 nitrogen and oxygen atoms in total. The third kappa shape index (κ3) is 7.00. The van der Waals surface area contributed by atoms with Gasteiger partial charge < -0.3 is 29.6 Å². The van der Waals surface area contributed by atoms with Crippen LogP contribution in [-0.4, -0.2) is 54.1 Å². The molecule has 1 aromatic carbocycles. The first-order valence-electron chi connectivity index (χ1n) is 7.50. The fourth-order valence-electron chi connectivity index (χ4n) is 2.01. The highest BCUT2D eigenvalue weighted by molar-refractivity contribution is 14.0. The first-order chi connectivity index (χ1) is 11.2. The molecule has 8 heteroatoms. The highest BCUT2D eigenvalue weighted by Crippen LogP contribution is 2.34. The van der Waals surface area contributed by atoms with Crippen LogP contribution in [0, 0.1) is 0 Å². The zero-order valence-electron chi connectivity index (χ0n) is 15.0. The van der Waals surface area contributed by atoms with E-state index in [9.17, 15) is 0 Å². The van der Waals surface area contributed by atoms with Crippen molar-refractivity contribution < 1.29 is 18.9 Å². The van der Waals surface area contributed by atoms with Gasteiger partial charge in [0.1, 0.15) is 17.2 Å². The van der Waals surface area contributed by atoms with Gasteiger partial charge in [-0.3, -0.25) is 0 Å². The van der Waals surface area contributed by atoms with E-state index in [1.807, 2.05) is 19.1 Å². The number of guanidine groups is 1. The average molecular weight is 453 g/mol. The second-order valence-electron chi connectivity index (χ2n) is 4.63. The molecule has 138 valence electrons. The highest BCUT2D eigenvalue weighted by atomic mass is 127. The minimum absolute atomic E-state index is 0. The smallest absolute Gasteiger partial charge is 0.191 e. The summed E-state index contributed by atoms with van der Waals surface area (Å²) < 4.78 is 21.1. The molecule has 0 heterocycles. The summed E-state index contributed by atoms with van der Waals surface area (Å²) in [6.07, 6.45) is 0. The van der Waals surface area contributed by atoms with Gasteiger partial charge in [0.15, 0.2) is 5.96 Å². The lowest BCUT2D eigenvalue weighted by atomic mass is 10.1. The van der Waals surface area contributed by atoms with E-state index in [1.165, 1.54) is 0 Å². The molecule has 0 atom stereocenters. The van der Waals surface area contributed by atoms with E-state index in [0.29, 0.717) is 42.9 Å². The number of methoxy groups -OCH3 is 4.